The monoisotopic (exact) mass is 728 g/mol. The van der Waals surface area contributed by atoms with Crippen molar-refractivity contribution in [2.75, 3.05) is 0 Å². The molecule has 0 unspecified atom stereocenters. The fourth-order valence-electron chi connectivity index (χ4n) is 11.6. The topological polar surface area (TPSA) is 0 Å². The minimum absolute atomic E-state index is 0.0295. The van der Waals surface area contributed by atoms with Gasteiger partial charge in [0.05, 0.1) is 0 Å². The number of hydrogen-bond acceptors (Lipinski definition) is 0. The Morgan fingerprint density at radius 3 is 1.28 bits per heavy atom. The lowest BCUT2D eigenvalue weighted by Gasteiger charge is -2.35. The minimum Gasteiger partial charge on any atom is -0.0619 e. The molecule has 272 valence electrons. The lowest BCUT2D eigenvalue weighted by Crippen LogP contribution is -2.23. The van der Waals surface area contributed by atoms with Crippen molar-refractivity contribution in [3.8, 4) is 55.6 Å². The van der Waals surface area contributed by atoms with Crippen molar-refractivity contribution in [1.29, 1.82) is 0 Å². The molecule has 0 aliphatic heterocycles. The van der Waals surface area contributed by atoms with Crippen molar-refractivity contribution >= 4 is 32.3 Å². The van der Waals surface area contributed by atoms with Crippen LogP contribution in [0.15, 0.2) is 158 Å². The molecule has 57 heavy (non-hydrogen) atoms. The summed E-state index contributed by atoms with van der Waals surface area (Å²) in [5.41, 5.74) is 21.7. The molecular weight excluding hydrogens is 685 g/mol. The predicted molar refractivity (Wildman–Crippen MR) is 243 cm³/mol. The quantitative estimate of drug-likeness (QED) is 0.156. The molecule has 0 saturated carbocycles. The van der Waals surface area contributed by atoms with E-state index in [1.807, 2.05) is 0 Å². The van der Waals surface area contributed by atoms with Gasteiger partial charge in [0.25, 0.3) is 0 Å². The maximum Gasteiger partial charge on any atom is 0.0159 e. The zero-order valence-electron chi connectivity index (χ0n) is 33.5. The second-order valence-electron chi connectivity index (χ2n) is 18.4. The maximum absolute atomic E-state index is 2.53. The van der Waals surface area contributed by atoms with Gasteiger partial charge in [-0.25, -0.2) is 0 Å². The molecule has 0 atom stereocenters. The van der Waals surface area contributed by atoms with Gasteiger partial charge in [-0.15, -0.1) is 0 Å². The Kier molecular flexibility index (Phi) is 6.35. The molecule has 0 saturated heterocycles. The van der Waals surface area contributed by atoms with Gasteiger partial charge in [0.1, 0.15) is 0 Å². The van der Waals surface area contributed by atoms with Crippen molar-refractivity contribution < 1.29 is 0 Å². The maximum atomic E-state index is 2.53. The Balaban J connectivity index is 1.09. The Labute approximate surface area is 335 Å². The molecule has 0 radical (unpaired) electrons. The van der Waals surface area contributed by atoms with E-state index in [4.69, 9.17) is 0 Å². The number of fused-ring (bicyclic) bond motifs is 10. The summed E-state index contributed by atoms with van der Waals surface area (Å²) in [6.07, 6.45) is 0. The van der Waals surface area contributed by atoms with Crippen LogP contribution in [-0.4, -0.2) is 0 Å². The minimum atomic E-state index is -0.140. The fraction of sp³-hybridized carbons (Fsp3) is 0.158. The highest BCUT2D eigenvalue weighted by atomic mass is 14.4. The van der Waals surface area contributed by atoms with Gasteiger partial charge >= 0.3 is 0 Å². The first-order valence-electron chi connectivity index (χ1n) is 20.6. The van der Waals surface area contributed by atoms with Crippen LogP contribution in [0.4, 0.5) is 0 Å². The summed E-state index contributed by atoms with van der Waals surface area (Å²) in [4.78, 5) is 0. The molecule has 0 aromatic heterocycles. The Morgan fingerprint density at radius 1 is 0.263 bits per heavy atom. The number of rotatable bonds is 2. The second kappa shape index (κ2) is 11.0. The van der Waals surface area contributed by atoms with Crippen LogP contribution < -0.4 is 0 Å². The third-order valence-corrected chi connectivity index (χ3v) is 14.5. The van der Waals surface area contributed by atoms with Gasteiger partial charge in [-0.3, -0.25) is 0 Å². The number of benzene rings is 9. The molecule has 0 nitrogen and oxygen atoms in total. The molecule has 0 heterocycles. The van der Waals surface area contributed by atoms with Crippen LogP contribution in [0.3, 0.4) is 0 Å². The van der Waals surface area contributed by atoms with Gasteiger partial charge in [-0.05, 0) is 140 Å². The van der Waals surface area contributed by atoms with E-state index < -0.39 is 0 Å². The van der Waals surface area contributed by atoms with E-state index >= 15 is 0 Å². The molecular formula is C57H44. The molecule has 0 heteroatoms. The van der Waals surface area contributed by atoms with Crippen LogP contribution in [0.25, 0.3) is 88.0 Å². The van der Waals surface area contributed by atoms with E-state index in [1.54, 1.807) is 0 Å². The third kappa shape index (κ3) is 4.13. The fourth-order valence-corrected chi connectivity index (χ4v) is 11.6. The molecule has 9 aromatic carbocycles. The van der Waals surface area contributed by atoms with Crippen LogP contribution in [0, 0.1) is 0 Å². The molecule has 3 aliphatic carbocycles. The highest BCUT2D eigenvalue weighted by molar-refractivity contribution is 6.24. The zero-order chi connectivity index (χ0) is 38.6. The van der Waals surface area contributed by atoms with E-state index in [2.05, 4.69) is 199 Å². The van der Waals surface area contributed by atoms with Crippen molar-refractivity contribution in [2.45, 2.75) is 57.8 Å². The smallest absolute Gasteiger partial charge is 0.0159 e. The third-order valence-electron chi connectivity index (χ3n) is 14.5. The van der Waals surface area contributed by atoms with E-state index in [0.717, 1.165) is 0 Å². The van der Waals surface area contributed by atoms with Crippen molar-refractivity contribution in [1.82, 2.24) is 0 Å². The van der Waals surface area contributed by atoms with Crippen LogP contribution in [-0.2, 0) is 16.2 Å². The molecule has 12 rings (SSSR count). The molecule has 0 spiro atoms. The van der Waals surface area contributed by atoms with Crippen molar-refractivity contribution in [2.24, 2.45) is 0 Å². The first-order valence-corrected chi connectivity index (χ1v) is 20.6. The van der Waals surface area contributed by atoms with Crippen LogP contribution in [0.5, 0.6) is 0 Å². The summed E-state index contributed by atoms with van der Waals surface area (Å²) in [7, 11) is 0. The highest BCUT2D eigenvalue weighted by Crippen LogP contribution is 2.57. The van der Waals surface area contributed by atoms with Gasteiger partial charge in [0.2, 0.25) is 0 Å². The average Bonchev–Trinajstić information content (AvgIpc) is 3.59. The predicted octanol–water partition coefficient (Wildman–Crippen LogP) is 15.4. The molecule has 9 aromatic rings. The summed E-state index contributed by atoms with van der Waals surface area (Å²) < 4.78 is 0. The van der Waals surface area contributed by atoms with Crippen LogP contribution in [0.2, 0.25) is 0 Å². The lowest BCUT2D eigenvalue weighted by atomic mass is 9.68. The summed E-state index contributed by atoms with van der Waals surface area (Å²) in [5.74, 6) is 0. The Bertz CT molecular complexity index is 3200. The lowest BCUT2D eigenvalue weighted by molar-refractivity contribution is 0.645. The largest absolute Gasteiger partial charge is 0.0619 e. The Hall–Kier alpha value is -6.24. The van der Waals surface area contributed by atoms with Gasteiger partial charge in [-0.2, -0.15) is 0 Å². The molecule has 0 fully saturated rings. The average molecular weight is 729 g/mol. The molecule has 0 bridgehead atoms. The molecule has 0 N–H and O–H groups in total. The molecule has 3 aliphatic rings. The standard InChI is InChI=1S/C57H44/c1-55(2)46-23-13-11-16-34(46)42-28-29-43(41-22-15-25-48(55)54(41)42)53-39-20-9-7-18-37(39)52(38-19-8-10-21-40(38)53)33-26-27-36-45-32-50-44(31-51(45)57(5,6)49(36)30-33)35-17-12-14-24-47(35)56(50,3)4/h7-32H,1-6H3. The summed E-state index contributed by atoms with van der Waals surface area (Å²) in [5, 5.41) is 7.89. The summed E-state index contributed by atoms with van der Waals surface area (Å²) in [6, 6.07) is 60.4. The zero-order valence-corrected chi connectivity index (χ0v) is 33.5. The summed E-state index contributed by atoms with van der Waals surface area (Å²) >= 11 is 0. The van der Waals surface area contributed by atoms with E-state index in [0.29, 0.717) is 0 Å². The summed E-state index contributed by atoms with van der Waals surface area (Å²) in [6.45, 7) is 14.4. The van der Waals surface area contributed by atoms with Gasteiger partial charge in [0, 0.05) is 16.2 Å². The van der Waals surface area contributed by atoms with E-state index in [1.165, 1.54) is 121 Å². The van der Waals surface area contributed by atoms with Gasteiger partial charge in [-0.1, -0.05) is 181 Å². The van der Waals surface area contributed by atoms with E-state index in [-0.39, 0.29) is 16.2 Å². The molecule has 0 amide bonds. The SMILES string of the molecule is CC1(C)c2ccccc2-c2cc3c(cc21)-c1ccc(-c2c4ccccc4c(-c4ccc5c6c(cccc46)C(C)(C)c4ccccc4-5)c4ccccc24)cc1C3(C)C. The van der Waals surface area contributed by atoms with Gasteiger partial charge in [0.15, 0.2) is 0 Å². The Morgan fingerprint density at radius 2 is 0.667 bits per heavy atom. The van der Waals surface area contributed by atoms with E-state index in [9.17, 15) is 0 Å². The van der Waals surface area contributed by atoms with Crippen molar-refractivity contribution in [3.63, 3.8) is 0 Å². The van der Waals surface area contributed by atoms with Crippen LogP contribution >= 0.6 is 0 Å². The first kappa shape index (κ1) is 33.0. The number of hydrogen-bond donors (Lipinski definition) is 0. The highest BCUT2D eigenvalue weighted by Gasteiger charge is 2.42. The van der Waals surface area contributed by atoms with Crippen LogP contribution in [0.1, 0.15) is 74.9 Å². The normalized spacial score (nSPS) is 16.0. The van der Waals surface area contributed by atoms with Crippen molar-refractivity contribution in [3.05, 3.63) is 191 Å². The van der Waals surface area contributed by atoms with Gasteiger partial charge < -0.3 is 0 Å². The second-order valence-corrected chi connectivity index (χ2v) is 18.4. The first-order chi connectivity index (χ1) is 27.6.